The van der Waals surface area contributed by atoms with Crippen LogP contribution in [-0.2, 0) is 0 Å². The van der Waals surface area contributed by atoms with Crippen molar-refractivity contribution in [2.24, 2.45) is 0 Å². The largest absolute Gasteiger partial charge is 0.369 e. The Morgan fingerprint density at radius 1 is 0.759 bits per heavy atom. The molecule has 3 fully saturated rings. The highest BCUT2D eigenvalue weighted by Gasteiger charge is 2.24. The van der Waals surface area contributed by atoms with Gasteiger partial charge in [0, 0.05) is 69.8 Å². The van der Waals surface area contributed by atoms with Crippen LogP contribution in [0, 0.1) is 0 Å². The van der Waals surface area contributed by atoms with Gasteiger partial charge in [0.15, 0.2) is 0 Å². The van der Waals surface area contributed by atoms with Crippen LogP contribution < -0.4 is 15.1 Å². The summed E-state index contributed by atoms with van der Waals surface area (Å²) in [6, 6.07) is 9.52. The highest BCUT2D eigenvalue weighted by atomic mass is 16.2. The number of nitrogens with one attached hydrogen (secondary N) is 1. The van der Waals surface area contributed by atoms with Crippen molar-refractivity contribution in [2.75, 3.05) is 69.2 Å². The Balaban J connectivity index is 1.25. The van der Waals surface area contributed by atoms with Crippen LogP contribution >= 0.6 is 0 Å². The van der Waals surface area contributed by atoms with Crippen molar-refractivity contribution in [1.82, 2.24) is 15.1 Å². The molecule has 0 spiro atoms. The van der Waals surface area contributed by atoms with Crippen LogP contribution in [0.2, 0.25) is 0 Å². The lowest BCUT2D eigenvalue weighted by Gasteiger charge is -2.37. The normalized spacial score (nSPS) is 22.4. The summed E-state index contributed by atoms with van der Waals surface area (Å²) in [5.74, 6) is 0. The molecule has 0 bridgehead atoms. The van der Waals surface area contributed by atoms with Gasteiger partial charge in [0.1, 0.15) is 0 Å². The molecular formula is C23H37N5O. The van der Waals surface area contributed by atoms with E-state index in [0.717, 1.165) is 65.2 Å². The zero-order valence-corrected chi connectivity index (χ0v) is 18.0. The molecule has 1 aromatic carbocycles. The number of benzene rings is 1. The number of hydrogen-bond acceptors (Lipinski definition) is 4. The van der Waals surface area contributed by atoms with E-state index in [-0.39, 0.29) is 6.03 Å². The number of likely N-dealkylation sites (N-methyl/N-ethyl adjacent to an activating group) is 1. The quantitative estimate of drug-likeness (QED) is 0.794. The van der Waals surface area contributed by atoms with Crippen LogP contribution in [0.4, 0.5) is 16.2 Å². The second-order valence-corrected chi connectivity index (χ2v) is 8.92. The SMILES string of the molecule is CN1CCN(c2ccc(N3CCN(C(=O)NC4CCCCCC4)CC3)cc2)CC1. The third-order valence-electron chi connectivity index (χ3n) is 6.83. The number of amides is 2. The maximum Gasteiger partial charge on any atom is 0.317 e. The molecule has 0 atom stereocenters. The van der Waals surface area contributed by atoms with Crippen LogP contribution in [0.5, 0.6) is 0 Å². The van der Waals surface area contributed by atoms with E-state index < -0.39 is 0 Å². The number of rotatable bonds is 3. The smallest absolute Gasteiger partial charge is 0.317 e. The van der Waals surface area contributed by atoms with E-state index in [1.54, 1.807) is 0 Å². The minimum atomic E-state index is 0.141. The van der Waals surface area contributed by atoms with Gasteiger partial charge in [-0.2, -0.15) is 0 Å². The van der Waals surface area contributed by atoms with Crippen LogP contribution in [0.3, 0.4) is 0 Å². The molecule has 4 rings (SSSR count). The van der Waals surface area contributed by atoms with Gasteiger partial charge in [-0.05, 0) is 44.2 Å². The average molecular weight is 400 g/mol. The van der Waals surface area contributed by atoms with Crippen LogP contribution in [0.1, 0.15) is 38.5 Å². The number of carbonyl (C=O) groups excluding carboxylic acids is 1. The highest BCUT2D eigenvalue weighted by molar-refractivity contribution is 5.75. The van der Waals surface area contributed by atoms with Crippen LogP contribution in [0.15, 0.2) is 24.3 Å². The number of piperazine rings is 2. The number of nitrogens with zero attached hydrogens (tertiary/aromatic N) is 4. The van der Waals surface area contributed by atoms with Gasteiger partial charge < -0.3 is 24.9 Å². The first-order chi connectivity index (χ1) is 14.2. The topological polar surface area (TPSA) is 42.1 Å². The summed E-state index contributed by atoms with van der Waals surface area (Å²) in [4.78, 5) is 21.9. The first kappa shape index (κ1) is 20.3. The predicted molar refractivity (Wildman–Crippen MR) is 120 cm³/mol. The van der Waals surface area contributed by atoms with E-state index >= 15 is 0 Å². The zero-order valence-electron chi connectivity index (χ0n) is 18.0. The molecule has 160 valence electrons. The summed E-state index contributed by atoms with van der Waals surface area (Å²) in [5, 5.41) is 3.29. The summed E-state index contributed by atoms with van der Waals surface area (Å²) in [6.07, 6.45) is 7.43. The minimum absolute atomic E-state index is 0.141. The van der Waals surface area contributed by atoms with Crippen LogP contribution in [0.25, 0.3) is 0 Å². The molecule has 1 aliphatic carbocycles. The van der Waals surface area contributed by atoms with E-state index in [0.29, 0.717) is 6.04 Å². The molecular weight excluding hydrogens is 362 g/mol. The maximum atomic E-state index is 12.7. The Labute approximate surface area is 175 Å². The fraction of sp³-hybridized carbons (Fsp3) is 0.696. The van der Waals surface area contributed by atoms with Gasteiger partial charge in [-0.1, -0.05) is 25.7 Å². The Morgan fingerprint density at radius 2 is 1.24 bits per heavy atom. The predicted octanol–water partition coefficient (Wildman–Crippen LogP) is 2.99. The third-order valence-corrected chi connectivity index (χ3v) is 6.83. The molecule has 1 N–H and O–H groups in total. The highest BCUT2D eigenvalue weighted by Crippen LogP contribution is 2.23. The third kappa shape index (κ3) is 5.35. The second-order valence-electron chi connectivity index (χ2n) is 8.92. The van der Waals surface area contributed by atoms with Gasteiger partial charge in [-0.3, -0.25) is 0 Å². The van der Waals surface area contributed by atoms with Crippen molar-refractivity contribution in [3.8, 4) is 0 Å². The molecule has 3 aliphatic rings. The van der Waals surface area contributed by atoms with Gasteiger partial charge in [-0.15, -0.1) is 0 Å². The molecule has 0 unspecified atom stereocenters. The van der Waals surface area contributed by atoms with Crippen molar-refractivity contribution in [2.45, 2.75) is 44.6 Å². The van der Waals surface area contributed by atoms with Gasteiger partial charge in [0.05, 0.1) is 0 Å². The molecule has 2 aliphatic heterocycles. The molecule has 2 saturated heterocycles. The Morgan fingerprint density at radius 3 is 1.76 bits per heavy atom. The summed E-state index contributed by atoms with van der Waals surface area (Å²) in [5.41, 5.74) is 2.59. The Bertz CT molecular complexity index is 640. The molecule has 6 nitrogen and oxygen atoms in total. The first-order valence-electron chi connectivity index (χ1n) is 11.5. The molecule has 1 saturated carbocycles. The monoisotopic (exact) mass is 399 g/mol. The Kier molecular flexibility index (Phi) is 6.80. The molecule has 29 heavy (non-hydrogen) atoms. The molecule has 0 aromatic heterocycles. The van der Waals surface area contributed by atoms with Crippen molar-refractivity contribution in [3.05, 3.63) is 24.3 Å². The fourth-order valence-electron chi connectivity index (χ4n) is 4.80. The van der Waals surface area contributed by atoms with E-state index in [9.17, 15) is 4.79 Å². The molecule has 0 radical (unpaired) electrons. The van der Waals surface area contributed by atoms with Crippen molar-refractivity contribution < 1.29 is 4.79 Å². The van der Waals surface area contributed by atoms with Crippen molar-refractivity contribution in [3.63, 3.8) is 0 Å². The average Bonchev–Trinajstić information content (AvgIpc) is 3.03. The summed E-state index contributed by atoms with van der Waals surface area (Å²) in [7, 11) is 2.19. The summed E-state index contributed by atoms with van der Waals surface area (Å²) >= 11 is 0. The first-order valence-corrected chi connectivity index (χ1v) is 11.5. The lowest BCUT2D eigenvalue weighted by atomic mass is 10.1. The van der Waals surface area contributed by atoms with E-state index in [4.69, 9.17) is 0 Å². The Hall–Kier alpha value is -1.95. The maximum absolute atomic E-state index is 12.7. The number of hydrogen-bond donors (Lipinski definition) is 1. The van der Waals surface area contributed by atoms with Crippen molar-refractivity contribution >= 4 is 17.4 Å². The lowest BCUT2D eigenvalue weighted by molar-refractivity contribution is 0.189. The lowest BCUT2D eigenvalue weighted by Crippen LogP contribution is -2.53. The van der Waals surface area contributed by atoms with Gasteiger partial charge in [0.2, 0.25) is 0 Å². The number of urea groups is 1. The van der Waals surface area contributed by atoms with E-state index in [1.807, 2.05) is 4.90 Å². The summed E-state index contributed by atoms with van der Waals surface area (Å²) < 4.78 is 0. The second kappa shape index (κ2) is 9.70. The summed E-state index contributed by atoms with van der Waals surface area (Å²) in [6.45, 7) is 7.89. The number of carbonyl (C=O) groups is 1. The van der Waals surface area contributed by atoms with E-state index in [1.165, 1.54) is 37.1 Å². The zero-order chi connectivity index (χ0) is 20.1. The molecule has 1 aromatic rings. The number of anilines is 2. The van der Waals surface area contributed by atoms with E-state index in [2.05, 4.69) is 51.3 Å². The van der Waals surface area contributed by atoms with Crippen LogP contribution in [-0.4, -0.2) is 81.3 Å². The molecule has 2 heterocycles. The minimum Gasteiger partial charge on any atom is -0.369 e. The molecule has 6 heteroatoms. The fourth-order valence-corrected chi connectivity index (χ4v) is 4.80. The van der Waals surface area contributed by atoms with Crippen molar-refractivity contribution in [1.29, 1.82) is 0 Å². The standard InChI is InChI=1S/C23H37N5O/c1-25-12-14-26(15-13-25)21-8-10-22(11-9-21)27-16-18-28(19-17-27)23(29)24-20-6-4-2-3-5-7-20/h8-11,20H,2-7,12-19H2,1H3,(H,24,29). The van der Waals surface area contributed by atoms with Gasteiger partial charge >= 0.3 is 6.03 Å². The van der Waals surface area contributed by atoms with Gasteiger partial charge in [-0.25, -0.2) is 4.79 Å². The molecule has 2 amide bonds. The van der Waals surface area contributed by atoms with Gasteiger partial charge in [0.25, 0.3) is 0 Å².